The van der Waals surface area contributed by atoms with Gasteiger partial charge in [-0.05, 0) is 0 Å². The molecule has 3 nitrogen and oxygen atoms in total. The minimum Gasteiger partial charge on any atom is -0.285 e. The molecule has 0 unspecified atom stereocenters. The normalized spacial score (nSPS) is 10.0. The van der Waals surface area contributed by atoms with E-state index in [2.05, 4.69) is 0 Å². The number of hydrogen-bond acceptors (Lipinski definition) is 1. The van der Waals surface area contributed by atoms with Crippen LogP contribution in [0.15, 0.2) is 61.2 Å². The fraction of sp³-hybridized carbons (Fsp3) is 0.154. The Morgan fingerprint density at radius 2 is 1.06 bits per heavy atom. The summed E-state index contributed by atoms with van der Waals surface area (Å²) < 4.78 is 3.76. The lowest BCUT2D eigenvalue weighted by Crippen LogP contribution is -2.44. The van der Waals surface area contributed by atoms with Gasteiger partial charge in [-0.2, -0.15) is 9.13 Å². The number of hydrogen-bond donors (Lipinski definition) is 0. The van der Waals surface area contributed by atoms with Crippen LogP contribution in [0.4, 0.5) is 0 Å². The highest BCUT2D eigenvalue weighted by molar-refractivity contribution is 5.75. The van der Waals surface area contributed by atoms with Crippen molar-refractivity contribution in [3.05, 3.63) is 61.2 Å². The molecule has 16 heavy (non-hydrogen) atoms. The van der Waals surface area contributed by atoms with Gasteiger partial charge in [-0.15, -0.1) is 0 Å². The maximum Gasteiger partial charge on any atom is 0.261 e. The van der Waals surface area contributed by atoms with E-state index in [-0.39, 0.29) is 5.78 Å². The van der Waals surface area contributed by atoms with Gasteiger partial charge in [0.05, 0.1) is 0 Å². The second-order valence-corrected chi connectivity index (χ2v) is 3.63. The minimum atomic E-state index is 0.187. The Labute approximate surface area is 94.6 Å². The Hall–Kier alpha value is -2.03. The highest BCUT2D eigenvalue weighted by Gasteiger charge is 2.13. The molecule has 0 bridgehead atoms. The van der Waals surface area contributed by atoms with Gasteiger partial charge in [-0.3, -0.25) is 4.79 Å². The molecule has 0 fully saturated rings. The SMILES string of the molecule is O=C(C[n+]1ccccc1)C[n+]1ccccc1. The third kappa shape index (κ3) is 2.98. The number of aromatic nitrogens is 2. The van der Waals surface area contributed by atoms with Gasteiger partial charge in [0.2, 0.25) is 13.1 Å². The van der Waals surface area contributed by atoms with E-state index in [0.29, 0.717) is 13.1 Å². The quantitative estimate of drug-likeness (QED) is 0.681. The summed E-state index contributed by atoms with van der Waals surface area (Å²) in [5.41, 5.74) is 0. The maximum absolute atomic E-state index is 11.7. The molecule has 0 amide bonds. The number of carbonyl (C=O) groups excluding carboxylic acids is 1. The highest BCUT2D eigenvalue weighted by atomic mass is 16.1. The summed E-state index contributed by atoms with van der Waals surface area (Å²) in [4.78, 5) is 11.7. The lowest BCUT2D eigenvalue weighted by atomic mass is 10.3. The van der Waals surface area contributed by atoms with Crippen LogP contribution in [-0.4, -0.2) is 5.78 Å². The van der Waals surface area contributed by atoms with Gasteiger partial charge in [-0.25, -0.2) is 0 Å². The number of carbonyl (C=O) groups is 1. The molecule has 0 aliphatic rings. The molecule has 0 aliphatic carbocycles. The van der Waals surface area contributed by atoms with Gasteiger partial charge >= 0.3 is 0 Å². The first-order valence-electron chi connectivity index (χ1n) is 5.24. The third-order valence-corrected chi connectivity index (χ3v) is 2.27. The van der Waals surface area contributed by atoms with E-state index in [1.807, 2.05) is 70.3 Å². The van der Waals surface area contributed by atoms with Gasteiger partial charge in [-0.1, -0.05) is 12.1 Å². The Bertz CT molecular complexity index is 410. The smallest absolute Gasteiger partial charge is 0.261 e. The van der Waals surface area contributed by atoms with E-state index in [1.165, 1.54) is 0 Å². The van der Waals surface area contributed by atoms with Crippen molar-refractivity contribution in [2.45, 2.75) is 13.1 Å². The lowest BCUT2D eigenvalue weighted by molar-refractivity contribution is -0.702. The van der Waals surface area contributed by atoms with Crippen LogP contribution < -0.4 is 9.13 Å². The highest BCUT2D eigenvalue weighted by Crippen LogP contribution is 1.81. The van der Waals surface area contributed by atoms with Crippen LogP contribution in [0.5, 0.6) is 0 Å². The Morgan fingerprint density at radius 3 is 1.44 bits per heavy atom. The van der Waals surface area contributed by atoms with E-state index in [4.69, 9.17) is 0 Å². The molecule has 0 atom stereocenters. The van der Waals surface area contributed by atoms with Crippen LogP contribution in [-0.2, 0) is 17.9 Å². The van der Waals surface area contributed by atoms with Gasteiger partial charge in [0.25, 0.3) is 5.78 Å². The molecule has 0 aromatic carbocycles. The molecule has 0 radical (unpaired) electrons. The molecule has 0 N–H and O–H groups in total. The Kier molecular flexibility index (Phi) is 3.38. The van der Waals surface area contributed by atoms with Gasteiger partial charge in [0.15, 0.2) is 24.8 Å². The van der Waals surface area contributed by atoms with Crippen LogP contribution in [0.25, 0.3) is 0 Å². The molecule has 2 rings (SSSR count). The molecule has 2 aromatic heterocycles. The van der Waals surface area contributed by atoms with Crippen molar-refractivity contribution in [2.75, 3.05) is 0 Å². The topological polar surface area (TPSA) is 24.8 Å². The molecule has 0 saturated heterocycles. The number of Topliss-reactive ketones (excluding diaryl/α,β-unsaturated/α-hetero) is 1. The van der Waals surface area contributed by atoms with Crippen molar-refractivity contribution < 1.29 is 13.9 Å². The van der Waals surface area contributed by atoms with Crippen LogP contribution in [0.2, 0.25) is 0 Å². The van der Waals surface area contributed by atoms with Crippen LogP contribution in [0.3, 0.4) is 0 Å². The summed E-state index contributed by atoms with van der Waals surface area (Å²) in [6.07, 6.45) is 7.59. The first kappa shape index (κ1) is 10.5. The molecule has 0 spiro atoms. The summed E-state index contributed by atoms with van der Waals surface area (Å²) in [5, 5.41) is 0. The second kappa shape index (κ2) is 5.16. The fourth-order valence-corrected chi connectivity index (χ4v) is 1.54. The molecular weight excluding hydrogens is 200 g/mol. The van der Waals surface area contributed by atoms with Crippen molar-refractivity contribution in [3.8, 4) is 0 Å². The number of rotatable bonds is 4. The standard InChI is InChI=1S/C13H14N2O/c16-13(11-14-7-3-1-4-8-14)12-15-9-5-2-6-10-15/h1-10H,11-12H2/q+2. The second-order valence-electron chi connectivity index (χ2n) is 3.63. The first-order valence-corrected chi connectivity index (χ1v) is 5.24. The van der Waals surface area contributed by atoms with Gasteiger partial charge in [0, 0.05) is 24.3 Å². The van der Waals surface area contributed by atoms with Crippen LogP contribution in [0.1, 0.15) is 0 Å². The average molecular weight is 214 g/mol. The van der Waals surface area contributed by atoms with Crippen molar-refractivity contribution >= 4 is 5.78 Å². The molecule has 3 heteroatoms. The first-order chi connectivity index (χ1) is 7.84. The molecule has 0 aliphatic heterocycles. The van der Waals surface area contributed by atoms with E-state index in [9.17, 15) is 4.79 Å². The molecule has 0 saturated carbocycles. The van der Waals surface area contributed by atoms with Crippen molar-refractivity contribution in [2.24, 2.45) is 0 Å². The lowest BCUT2D eigenvalue weighted by Gasteiger charge is -1.94. The van der Waals surface area contributed by atoms with Gasteiger partial charge < -0.3 is 0 Å². The van der Waals surface area contributed by atoms with E-state index in [1.54, 1.807) is 0 Å². The number of ketones is 1. The summed E-state index contributed by atoms with van der Waals surface area (Å²) in [7, 11) is 0. The molecule has 2 heterocycles. The van der Waals surface area contributed by atoms with E-state index in [0.717, 1.165) is 0 Å². The predicted molar refractivity (Wildman–Crippen MR) is 58.3 cm³/mol. The molecule has 2 aromatic rings. The van der Waals surface area contributed by atoms with Gasteiger partial charge in [0.1, 0.15) is 0 Å². The van der Waals surface area contributed by atoms with E-state index < -0.39 is 0 Å². The number of nitrogens with zero attached hydrogens (tertiary/aromatic N) is 2. The van der Waals surface area contributed by atoms with E-state index >= 15 is 0 Å². The largest absolute Gasteiger partial charge is 0.285 e. The van der Waals surface area contributed by atoms with Crippen LogP contribution >= 0.6 is 0 Å². The molecular formula is C13H14N2O+2. The summed E-state index contributed by atoms with van der Waals surface area (Å²) in [5.74, 6) is 0.187. The number of pyridine rings is 2. The zero-order chi connectivity index (χ0) is 11.2. The van der Waals surface area contributed by atoms with Crippen molar-refractivity contribution in [3.63, 3.8) is 0 Å². The Morgan fingerprint density at radius 1 is 0.688 bits per heavy atom. The zero-order valence-electron chi connectivity index (χ0n) is 8.99. The minimum absolute atomic E-state index is 0.187. The monoisotopic (exact) mass is 214 g/mol. The summed E-state index contributed by atoms with van der Waals surface area (Å²) in [6, 6.07) is 11.6. The average Bonchev–Trinajstić information content (AvgIpc) is 2.31. The summed E-state index contributed by atoms with van der Waals surface area (Å²) >= 11 is 0. The third-order valence-electron chi connectivity index (χ3n) is 2.27. The Balaban J connectivity index is 1.95. The van der Waals surface area contributed by atoms with Crippen molar-refractivity contribution in [1.29, 1.82) is 0 Å². The summed E-state index contributed by atoms with van der Waals surface area (Å²) in [6.45, 7) is 0.839. The fourth-order valence-electron chi connectivity index (χ4n) is 1.54. The predicted octanol–water partition coefficient (Wildman–Crippen LogP) is 0.531. The maximum atomic E-state index is 11.7. The van der Waals surface area contributed by atoms with Crippen molar-refractivity contribution in [1.82, 2.24) is 0 Å². The zero-order valence-corrected chi connectivity index (χ0v) is 8.99. The molecule has 80 valence electrons. The van der Waals surface area contributed by atoms with Crippen LogP contribution in [0, 0.1) is 0 Å².